The van der Waals surface area contributed by atoms with Crippen molar-refractivity contribution in [3.63, 3.8) is 0 Å². The molecular weight excluding hydrogens is 286 g/mol. The van der Waals surface area contributed by atoms with Gasteiger partial charge in [0.25, 0.3) is 0 Å². The fourth-order valence-corrected chi connectivity index (χ4v) is 3.89. The van der Waals surface area contributed by atoms with Gasteiger partial charge in [-0.1, -0.05) is 12.1 Å². The van der Waals surface area contributed by atoms with Crippen LogP contribution < -0.4 is 10.6 Å². The zero-order valence-electron chi connectivity index (χ0n) is 15.4. The minimum Gasteiger partial charge on any atom is -0.326 e. The number of anilines is 1. The maximum atomic E-state index is 11.1. The predicted octanol–water partition coefficient (Wildman–Crippen LogP) is 3.39. The maximum Gasteiger partial charge on any atom is 0.221 e. The van der Waals surface area contributed by atoms with Gasteiger partial charge in [-0.3, -0.25) is 9.69 Å². The Labute approximate surface area is 140 Å². The Hall–Kier alpha value is -1.39. The van der Waals surface area contributed by atoms with Crippen LogP contribution in [0.15, 0.2) is 24.3 Å². The van der Waals surface area contributed by atoms with Crippen LogP contribution in [-0.4, -0.2) is 35.0 Å². The van der Waals surface area contributed by atoms with Crippen LogP contribution >= 0.6 is 0 Å². The van der Waals surface area contributed by atoms with E-state index in [2.05, 4.69) is 62.4 Å². The van der Waals surface area contributed by atoms with Crippen LogP contribution in [0.4, 0.5) is 5.69 Å². The Morgan fingerprint density at radius 1 is 1.17 bits per heavy atom. The van der Waals surface area contributed by atoms with E-state index in [0.717, 1.165) is 25.1 Å². The number of nitrogens with zero attached hydrogens (tertiary/aromatic N) is 1. The van der Waals surface area contributed by atoms with Crippen molar-refractivity contribution in [2.24, 2.45) is 0 Å². The molecule has 23 heavy (non-hydrogen) atoms. The van der Waals surface area contributed by atoms with Crippen molar-refractivity contribution in [1.29, 1.82) is 0 Å². The molecular formula is C19H31N3O. The molecule has 0 saturated carbocycles. The van der Waals surface area contributed by atoms with E-state index in [1.54, 1.807) is 0 Å². The highest BCUT2D eigenvalue weighted by molar-refractivity contribution is 5.88. The lowest BCUT2D eigenvalue weighted by molar-refractivity contribution is -0.114. The molecule has 1 aliphatic heterocycles. The van der Waals surface area contributed by atoms with Crippen molar-refractivity contribution in [2.75, 3.05) is 12.4 Å². The van der Waals surface area contributed by atoms with E-state index in [9.17, 15) is 4.79 Å². The fraction of sp³-hybridized carbons (Fsp3) is 0.632. The van der Waals surface area contributed by atoms with Gasteiger partial charge in [0.2, 0.25) is 5.91 Å². The maximum absolute atomic E-state index is 11.1. The highest BCUT2D eigenvalue weighted by Crippen LogP contribution is 2.31. The second kappa shape index (κ2) is 6.62. The Bertz CT molecular complexity index is 532. The largest absolute Gasteiger partial charge is 0.326 e. The van der Waals surface area contributed by atoms with Crippen molar-refractivity contribution in [1.82, 2.24) is 10.2 Å². The number of hydrogen-bond donors (Lipinski definition) is 2. The van der Waals surface area contributed by atoms with E-state index in [-0.39, 0.29) is 17.0 Å². The van der Waals surface area contributed by atoms with Gasteiger partial charge in [-0.15, -0.1) is 0 Å². The summed E-state index contributed by atoms with van der Waals surface area (Å²) in [6.07, 6.45) is 2.30. The number of nitrogens with one attached hydrogen (secondary N) is 2. The van der Waals surface area contributed by atoms with Crippen LogP contribution in [0.5, 0.6) is 0 Å². The normalized spacial score (nSPS) is 20.5. The summed E-state index contributed by atoms with van der Waals surface area (Å²) in [6.45, 7) is 11.6. The number of benzene rings is 1. The zero-order valence-corrected chi connectivity index (χ0v) is 15.4. The summed E-state index contributed by atoms with van der Waals surface area (Å²) in [5.74, 6) is -0.0333. The lowest BCUT2D eigenvalue weighted by Crippen LogP contribution is -2.61. The van der Waals surface area contributed by atoms with Crippen LogP contribution in [-0.2, 0) is 11.3 Å². The van der Waals surface area contributed by atoms with Crippen LogP contribution in [0, 0.1) is 0 Å². The molecule has 0 spiro atoms. The third-order valence-electron chi connectivity index (χ3n) is 4.50. The van der Waals surface area contributed by atoms with E-state index < -0.39 is 0 Å². The average Bonchev–Trinajstić information content (AvgIpc) is 2.36. The Balaban J connectivity index is 2.00. The third-order valence-corrected chi connectivity index (χ3v) is 4.50. The van der Waals surface area contributed by atoms with Crippen molar-refractivity contribution in [2.45, 2.75) is 71.1 Å². The molecule has 1 saturated heterocycles. The van der Waals surface area contributed by atoms with Crippen molar-refractivity contribution >= 4 is 11.6 Å². The summed E-state index contributed by atoms with van der Waals surface area (Å²) < 4.78 is 0. The molecule has 1 amide bonds. The molecule has 0 aromatic heterocycles. The molecule has 0 atom stereocenters. The minimum absolute atomic E-state index is 0.0333. The third kappa shape index (κ3) is 5.33. The monoisotopic (exact) mass is 317 g/mol. The van der Waals surface area contributed by atoms with Gasteiger partial charge in [0.1, 0.15) is 0 Å². The first-order valence-electron chi connectivity index (χ1n) is 8.42. The van der Waals surface area contributed by atoms with Gasteiger partial charge >= 0.3 is 0 Å². The van der Waals surface area contributed by atoms with Gasteiger partial charge in [-0.05, 0) is 65.3 Å². The molecule has 1 aromatic carbocycles. The molecule has 1 aromatic rings. The van der Waals surface area contributed by atoms with E-state index in [1.807, 2.05) is 12.1 Å². The number of carbonyl (C=O) groups excluding carboxylic acids is 1. The molecule has 0 bridgehead atoms. The summed E-state index contributed by atoms with van der Waals surface area (Å²) in [5.41, 5.74) is 2.45. The zero-order chi connectivity index (χ0) is 17.3. The number of rotatable bonds is 4. The molecule has 128 valence electrons. The predicted molar refractivity (Wildman–Crippen MR) is 96.5 cm³/mol. The van der Waals surface area contributed by atoms with Gasteiger partial charge in [0.05, 0.1) is 0 Å². The molecule has 2 N–H and O–H groups in total. The summed E-state index contributed by atoms with van der Waals surface area (Å²) in [4.78, 5) is 13.5. The Morgan fingerprint density at radius 3 is 2.17 bits per heavy atom. The van der Waals surface area contributed by atoms with Gasteiger partial charge in [-0.25, -0.2) is 0 Å². The summed E-state index contributed by atoms with van der Waals surface area (Å²) in [6, 6.07) is 8.70. The molecule has 4 nitrogen and oxygen atoms in total. The van der Waals surface area contributed by atoms with Gasteiger partial charge in [-0.2, -0.15) is 0 Å². The highest BCUT2D eigenvalue weighted by atomic mass is 16.1. The van der Waals surface area contributed by atoms with Crippen molar-refractivity contribution in [3.8, 4) is 0 Å². The first-order chi connectivity index (χ1) is 10.6. The summed E-state index contributed by atoms with van der Waals surface area (Å²) in [5, 5.41) is 6.55. The van der Waals surface area contributed by atoms with E-state index in [4.69, 9.17) is 0 Å². The molecule has 0 unspecified atom stereocenters. The first-order valence-corrected chi connectivity index (χ1v) is 8.42. The van der Waals surface area contributed by atoms with Crippen LogP contribution in [0.2, 0.25) is 0 Å². The molecule has 4 heteroatoms. The number of amides is 1. The minimum atomic E-state index is -0.0333. The Kier molecular flexibility index (Phi) is 5.17. The number of hydrogen-bond acceptors (Lipinski definition) is 3. The van der Waals surface area contributed by atoms with E-state index in [0.29, 0.717) is 6.04 Å². The van der Waals surface area contributed by atoms with Crippen molar-refractivity contribution < 1.29 is 4.79 Å². The average molecular weight is 317 g/mol. The van der Waals surface area contributed by atoms with Gasteiger partial charge in [0, 0.05) is 36.3 Å². The molecule has 1 fully saturated rings. The first kappa shape index (κ1) is 18.0. The smallest absolute Gasteiger partial charge is 0.221 e. The molecule has 1 heterocycles. The lowest BCUT2D eigenvalue weighted by Gasteiger charge is -2.49. The Morgan fingerprint density at radius 2 is 1.70 bits per heavy atom. The quantitative estimate of drug-likeness (QED) is 0.895. The topological polar surface area (TPSA) is 44.4 Å². The molecule has 1 aliphatic rings. The SMILES string of the molecule is CC(=O)Nc1ccc(CN(C)C2CC(C)(C)NC(C)(C)C2)cc1. The summed E-state index contributed by atoms with van der Waals surface area (Å²) >= 11 is 0. The van der Waals surface area contributed by atoms with E-state index in [1.165, 1.54) is 12.5 Å². The fourth-order valence-electron chi connectivity index (χ4n) is 3.89. The standard InChI is InChI=1S/C19H31N3O/c1-14(23)20-16-9-7-15(8-10-16)13-22(6)17-11-18(2,3)21-19(4,5)12-17/h7-10,17,21H,11-13H2,1-6H3,(H,20,23). The summed E-state index contributed by atoms with van der Waals surface area (Å²) in [7, 11) is 2.21. The van der Waals surface area contributed by atoms with Crippen molar-refractivity contribution in [3.05, 3.63) is 29.8 Å². The highest BCUT2D eigenvalue weighted by Gasteiger charge is 2.38. The number of piperidine rings is 1. The van der Waals surface area contributed by atoms with E-state index >= 15 is 0 Å². The van der Waals surface area contributed by atoms with Crippen LogP contribution in [0.1, 0.15) is 53.0 Å². The van der Waals surface area contributed by atoms with Gasteiger partial charge in [0.15, 0.2) is 0 Å². The molecule has 0 aliphatic carbocycles. The second-order valence-corrected chi connectivity index (χ2v) is 8.25. The van der Waals surface area contributed by atoms with Crippen LogP contribution in [0.3, 0.4) is 0 Å². The van der Waals surface area contributed by atoms with Crippen LogP contribution in [0.25, 0.3) is 0 Å². The molecule has 0 radical (unpaired) electrons. The number of carbonyl (C=O) groups is 1. The second-order valence-electron chi connectivity index (χ2n) is 8.25. The lowest BCUT2D eigenvalue weighted by atomic mass is 9.79. The molecule has 2 rings (SSSR count). The van der Waals surface area contributed by atoms with Gasteiger partial charge < -0.3 is 10.6 Å².